The Morgan fingerprint density at radius 2 is 1.96 bits per heavy atom. The Hall–Kier alpha value is -2.01. The quantitative estimate of drug-likeness (QED) is 0.813. The molecule has 2 aromatic rings. The summed E-state index contributed by atoms with van der Waals surface area (Å²) in [6.07, 6.45) is 2.04. The molecule has 1 aromatic carbocycles. The van der Waals surface area contributed by atoms with Crippen LogP contribution in [-0.2, 0) is 0 Å². The standard InChI is InChI=1S/C20H23N3OS/c1-13(2)24-16-9-7-15(8-10-16)19-18(17-6-4-5-11-21-17)22-20-23(19)12-14(3)25-20/h4-11,13-14,18-19H,12H2,1-3H3. The van der Waals surface area contributed by atoms with E-state index in [0.717, 1.165) is 23.2 Å². The molecule has 130 valence electrons. The van der Waals surface area contributed by atoms with E-state index in [1.165, 1.54) is 5.56 Å². The lowest BCUT2D eigenvalue weighted by molar-refractivity contribution is 0.242. The van der Waals surface area contributed by atoms with Gasteiger partial charge in [-0.2, -0.15) is 0 Å². The summed E-state index contributed by atoms with van der Waals surface area (Å²) in [4.78, 5) is 12.0. The van der Waals surface area contributed by atoms with E-state index in [2.05, 4.69) is 47.1 Å². The van der Waals surface area contributed by atoms with Gasteiger partial charge in [0.25, 0.3) is 0 Å². The summed E-state index contributed by atoms with van der Waals surface area (Å²) >= 11 is 1.87. The summed E-state index contributed by atoms with van der Waals surface area (Å²) in [7, 11) is 0. The lowest BCUT2D eigenvalue weighted by Gasteiger charge is -2.27. The highest BCUT2D eigenvalue weighted by atomic mass is 32.2. The fourth-order valence-electron chi connectivity index (χ4n) is 3.49. The number of fused-ring (bicyclic) bond motifs is 1. The molecule has 2 aliphatic heterocycles. The van der Waals surface area contributed by atoms with Gasteiger partial charge in [0.05, 0.1) is 17.8 Å². The van der Waals surface area contributed by atoms with Crippen molar-refractivity contribution < 1.29 is 4.74 Å². The second-order valence-electron chi connectivity index (χ2n) is 6.87. The molecule has 4 rings (SSSR count). The Balaban J connectivity index is 1.67. The highest BCUT2D eigenvalue weighted by Crippen LogP contribution is 2.47. The maximum absolute atomic E-state index is 5.79. The molecule has 3 unspecified atom stereocenters. The largest absolute Gasteiger partial charge is 0.491 e. The van der Waals surface area contributed by atoms with Gasteiger partial charge in [0.15, 0.2) is 5.17 Å². The average Bonchev–Trinajstić information content (AvgIpc) is 3.12. The average molecular weight is 353 g/mol. The summed E-state index contributed by atoms with van der Waals surface area (Å²) in [5.74, 6) is 0.913. The third-order valence-corrected chi connectivity index (χ3v) is 5.58. The van der Waals surface area contributed by atoms with Gasteiger partial charge in [-0.3, -0.25) is 9.98 Å². The van der Waals surface area contributed by atoms with Crippen LogP contribution in [0.25, 0.3) is 0 Å². The lowest BCUT2D eigenvalue weighted by Crippen LogP contribution is -2.28. The van der Waals surface area contributed by atoms with Crippen molar-refractivity contribution in [2.75, 3.05) is 6.54 Å². The highest BCUT2D eigenvalue weighted by molar-refractivity contribution is 8.14. The van der Waals surface area contributed by atoms with Crippen LogP contribution in [0.5, 0.6) is 5.75 Å². The highest BCUT2D eigenvalue weighted by Gasteiger charge is 2.43. The van der Waals surface area contributed by atoms with Crippen molar-refractivity contribution in [1.82, 2.24) is 9.88 Å². The van der Waals surface area contributed by atoms with Crippen LogP contribution in [0, 0.1) is 0 Å². The van der Waals surface area contributed by atoms with E-state index in [0.29, 0.717) is 5.25 Å². The maximum atomic E-state index is 5.79. The predicted molar refractivity (Wildman–Crippen MR) is 103 cm³/mol. The molecule has 3 atom stereocenters. The Bertz CT molecular complexity index is 760. The predicted octanol–water partition coefficient (Wildman–Crippen LogP) is 4.46. The van der Waals surface area contributed by atoms with Gasteiger partial charge in [-0.25, -0.2) is 0 Å². The Morgan fingerprint density at radius 1 is 1.16 bits per heavy atom. The number of benzene rings is 1. The Kier molecular flexibility index (Phi) is 4.42. The second-order valence-corrected chi connectivity index (χ2v) is 8.28. The molecule has 1 aromatic heterocycles. The zero-order valence-corrected chi connectivity index (χ0v) is 15.6. The van der Waals surface area contributed by atoms with Crippen LogP contribution in [0.3, 0.4) is 0 Å². The molecular weight excluding hydrogens is 330 g/mol. The van der Waals surface area contributed by atoms with Gasteiger partial charge >= 0.3 is 0 Å². The smallest absolute Gasteiger partial charge is 0.160 e. The van der Waals surface area contributed by atoms with E-state index in [1.54, 1.807) is 0 Å². The van der Waals surface area contributed by atoms with Crippen LogP contribution in [0.2, 0.25) is 0 Å². The minimum atomic E-state index is 0.0491. The number of hydrogen-bond donors (Lipinski definition) is 0. The second kappa shape index (κ2) is 6.71. The molecule has 0 N–H and O–H groups in total. The van der Waals surface area contributed by atoms with E-state index < -0.39 is 0 Å². The molecule has 5 heteroatoms. The van der Waals surface area contributed by atoms with Gasteiger partial charge in [-0.05, 0) is 43.7 Å². The minimum Gasteiger partial charge on any atom is -0.491 e. The Labute approximate surface area is 153 Å². The number of hydrogen-bond acceptors (Lipinski definition) is 5. The van der Waals surface area contributed by atoms with Gasteiger partial charge in [-0.15, -0.1) is 0 Å². The molecule has 4 nitrogen and oxygen atoms in total. The molecule has 2 aliphatic rings. The monoisotopic (exact) mass is 353 g/mol. The number of aromatic nitrogens is 1. The zero-order chi connectivity index (χ0) is 17.4. The number of amidine groups is 1. The van der Waals surface area contributed by atoms with Crippen LogP contribution in [0.1, 0.15) is 44.1 Å². The first-order valence-corrected chi connectivity index (χ1v) is 9.68. The van der Waals surface area contributed by atoms with Gasteiger partial charge < -0.3 is 9.64 Å². The molecule has 0 spiro atoms. The van der Waals surface area contributed by atoms with Crippen LogP contribution < -0.4 is 4.74 Å². The molecule has 0 bridgehead atoms. The van der Waals surface area contributed by atoms with Crippen LogP contribution in [-0.4, -0.2) is 33.0 Å². The summed E-state index contributed by atoms with van der Waals surface area (Å²) in [5, 5.41) is 1.73. The summed E-state index contributed by atoms with van der Waals surface area (Å²) < 4.78 is 5.79. The van der Waals surface area contributed by atoms with Gasteiger partial charge in [0.1, 0.15) is 11.8 Å². The van der Waals surface area contributed by atoms with E-state index in [-0.39, 0.29) is 18.2 Å². The van der Waals surface area contributed by atoms with Crippen LogP contribution in [0.15, 0.2) is 53.7 Å². The number of aliphatic imine (C=N–C) groups is 1. The zero-order valence-electron chi connectivity index (χ0n) is 14.8. The fraction of sp³-hybridized carbons (Fsp3) is 0.400. The van der Waals surface area contributed by atoms with Gasteiger partial charge in [-0.1, -0.05) is 36.9 Å². The van der Waals surface area contributed by atoms with E-state index >= 15 is 0 Å². The van der Waals surface area contributed by atoms with E-state index in [4.69, 9.17) is 9.73 Å². The minimum absolute atomic E-state index is 0.0491. The molecule has 0 radical (unpaired) electrons. The van der Waals surface area contributed by atoms with Crippen molar-refractivity contribution in [3.05, 3.63) is 59.9 Å². The first-order valence-electron chi connectivity index (χ1n) is 8.80. The topological polar surface area (TPSA) is 37.7 Å². The number of nitrogens with zero attached hydrogens (tertiary/aromatic N) is 3. The van der Waals surface area contributed by atoms with Gasteiger partial charge in [0.2, 0.25) is 0 Å². The molecule has 25 heavy (non-hydrogen) atoms. The van der Waals surface area contributed by atoms with Crippen LogP contribution in [0.4, 0.5) is 0 Å². The summed E-state index contributed by atoms with van der Waals surface area (Å²) in [5.41, 5.74) is 2.30. The normalized spacial score (nSPS) is 25.2. The van der Waals surface area contributed by atoms with E-state index in [9.17, 15) is 0 Å². The fourth-order valence-corrected chi connectivity index (χ4v) is 4.59. The van der Waals surface area contributed by atoms with Crippen molar-refractivity contribution in [1.29, 1.82) is 0 Å². The number of thioether (sulfide) groups is 1. The third-order valence-electron chi connectivity index (χ3n) is 4.47. The van der Waals surface area contributed by atoms with E-state index in [1.807, 2.05) is 43.9 Å². The van der Waals surface area contributed by atoms with Crippen molar-refractivity contribution in [3.8, 4) is 5.75 Å². The molecule has 0 amide bonds. The molecule has 1 fully saturated rings. The van der Waals surface area contributed by atoms with Crippen molar-refractivity contribution in [2.24, 2.45) is 4.99 Å². The number of rotatable bonds is 4. The molecule has 0 saturated carbocycles. The number of ether oxygens (including phenoxy) is 1. The Morgan fingerprint density at radius 3 is 2.64 bits per heavy atom. The first kappa shape index (κ1) is 16.5. The molecule has 0 aliphatic carbocycles. The van der Waals surface area contributed by atoms with Crippen LogP contribution >= 0.6 is 11.8 Å². The maximum Gasteiger partial charge on any atom is 0.160 e. The number of pyridine rings is 1. The molecular formula is C20H23N3OS. The van der Waals surface area contributed by atoms with Crippen molar-refractivity contribution in [3.63, 3.8) is 0 Å². The summed E-state index contributed by atoms with van der Waals surface area (Å²) in [6.45, 7) is 7.38. The molecule has 3 heterocycles. The lowest BCUT2D eigenvalue weighted by atomic mass is 9.96. The SMILES string of the molecule is CC(C)Oc1ccc(C2C(c3ccccn3)N=C3SC(C)CN32)cc1. The third kappa shape index (κ3) is 3.25. The van der Waals surface area contributed by atoms with Crippen molar-refractivity contribution >= 4 is 16.9 Å². The first-order chi connectivity index (χ1) is 12.1. The van der Waals surface area contributed by atoms with Gasteiger partial charge in [0, 0.05) is 18.0 Å². The summed E-state index contributed by atoms with van der Waals surface area (Å²) in [6, 6.07) is 14.8. The van der Waals surface area contributed by atoms with Crippen molar-refractivity contribution in [2.45, 2.75) is 44.2 Å². The molecule has 1 saturated heterocycles.